The van der Waals surface area contributed by atoms with Gasteiger partial charge in [0.25, 0.3) is 10.0 Å². The second kappa shape index (κ2) is 7.58. The first-order valence-corrected chi connectivity index (χ1v) is 9.76. The van der Waals surface area contributed by atoms with Gasteiger partial charge in [-0.25, -0.2) is 13.4 Å². The molecule has 26 heavy (non-hydrogen) atoms. The van der Waals surface area contributed by atoms with E-state index in [1.165, 1.54) is 11.1 Å². The van der Waals surface area contributed by atoms with Crippen LogP contribution in [-0.2, 0) is 16.6 Å². The zero-order valence-electron chi connectivity index (χ0n) is 14.7. The Labute approximate surface area is 154 Å². The highest BCUT2D eigenvalue weighted by Gasteiger charge is 2.14. The Morgan fingerprint density at radius 1 is 0.923 bits per heavy atom. The largest absolute Gasteiger partial charge is 0.380 e. The van der Waals surface area contributed by atoms with Gasteiger partial charge in [-0.3, -0.25) is 4.72 Å². The topological polar surface area (TPSA) is 71.1 Å². The fourth-order valence-electron chi connectivity index (χ4n) is 2.45. The van der Waals surface area contributed by atoms with Gasteiger partial charge in [-0.2, -0.15) is 0 Å². The molecule has 0 aliphatic carbocycles. The Morgan fingerprint density at radius 3 is 2.35 bits per heavy atom. The summed E-state index contributed by atoms with van der Waals surface area (Å²) in [4.78, 5) is 4.41. The first-order chi connectivity index (χ1) is 12.4. The second-order valence-corrected chi connectivity index (χ2v) is 7.88. The van der Waals surface area contributed by atoms with Crippen LogP contribution in [0, 0.1) is 13.8 Å². The maximum absolute atomic E-state index is 12.4. The van der Waals surface area contributed by atoms with E-state index < -0.39 is 10.0 Å². The van der Waals surface area contributed by atoms with Crippen LogP contribution in [0.25, 0.3) is 0 Å². The van der Waals surface area contributed by atoms with Crippen LogP contribution >= 0.6 is 0 Å². The summed E-state index contributed by atoms with van der Waals surface area (Å²) in [6, 6.07) is 18.5. The number of nitrogens with one attached hydrogen (secondary N) is 2. The van der Waals surface area contributed by atoms with Gasteiger partial charge in [-0.05, 0) is 49.2 Å². The quantitative estimate of drug-likeness (QED) is 0.688. The molecule has 2 N–H and O–H groups in total. The van der Waals surface area contributed by atoms with Gasteiger partial charge in [-0.15, -0.1) is 0 Å². The number of aryl methyl sites for hydroxylation is 2. The highest BCUT2D eigenvalue weighted by molar-refractivity contribution is 7.92. The summed E-state index contributed by atoms with van der Waals surface area (Å²) >= 11 is 0. The number of aromatic nitrogens is 1. The molecular formula is C20H21N3O2S. The molecule has 2 aromatic carbocycles. The van der Waals surface area contributed by atoms with Crippen molar-refractivity contribution in [2.45, 2.75) is 25.3 Å². The predicted molar refractivity (Wildman–Crippen MR) is 105 cm³/mol. The van der Waals surface area contributed by atoms with Gasteiger partial charge < -0.3 is 5.32 Å². The van der Waals surface area contributed by atoms with E-state index in [-0.39, 0.29) is 10.7 Å². The SMILES string of the molecule is Cc1ccc(CNc2ccc(NS(=O)(=O)c3cccc(C)c3)nc2)cc1. The third-order valence-corrected chi connectivity index (χ3v) is 5.27. The summed E-state index contributed by atoms with van der Waals surface area (Å²) in [5.41, 5.74) is 4.10. The first kappa shape index (κ1) is 17.9. The van der Waals surface area contributed by atoms with Crippen molar-refractivity contribution in [2.24, 2.45) is 0 Å². The number of anilines is 2. The zero-order valence-corrected chi connectivity index (χ0v) is 15.5. The average molecular weight is 367 g/mol. The highest BCUT2D eigenvalue weighted by Crippen LogP contribution is 2.17. The van der Waals surface area contributed by atoms with E-state index in [9.17, 15) is 8.42 Å². The van der Waals surface area contributed by atoms with Gasteiger partial charge in [-0.1, -0.05) is 42.0 Å². The van der Waals surface area contributed by atoms with Crippen LogP contribution in [0.3, 0.4) is 0 Å². The Bertz CT molecular complexity index is 982. The normalized spacial score (nSPS) is 11.2. The lowest BCUT2D eigenvalue weighted by atomic mass is 10.1. The molecule has 0 spiro atoms. The third-order valence-electron chi connectivity index (χ3n) is 3.92. The monoisotopic (exact) mass is 367 g/mol. The molecule has 0 saturated carbocycles. The second-order valence-electron chi connectivity index (χ2n) is 6.19. The maximum Gasteiger partial charge on any atom is 0.263 e. The van der Waals surface area contributed by atoms with Crippen LogP contribution < -0.4 is 10.0 Å². The summed E-state index contributed by atoms with van der Waals surface area (Å²) in [5, 5.41) is 3.27. The molecule has 0 aliphatic rings. The summed E-state index contributed by atoms with van der Waals surface area (Å²) in [6.07, 6.45) is 1.61. The van der Waals surface area contributed by atoms with Crippen molar-refractivity contribution in [2.75, 3.05) is 10.0 Å². The van der Waals surface area contributed by atoms with E-state index >= 15 is 0 Å². The maximum atomic E-state index is 12.4. The van der Waals surface area contributed by atoms with Crippen LogP contribution in [0.1, 0.15) is 16.7 Å². The third kappa shape index (κ3) is 4.61. The van der Waals surface area contributed by atoms with Gasteiger partial charge in [0.1, 0.15) is 5.82 Å². The van der Waals surface area contributed by atoms with E-state index in [4.69, 9.17) is 0 Å². The van der Waals surface area contributed by atoms with E-state index in [0.717, 1.165) is 11.3 Å². The van der Waals surface area contributed by atoms with Crippen molar-refractivity contribution in [3.05, 3.63) is 83.6 Å². The summed E-state index contributed by atoms with van der Waals surface area (Å²) in [7, 11) is -3.64. The van der Waals surface area contributed by atoms with Gasteiger partial charge in [0.05, 0.1) is 16.8 Å². The molecule has 0 saturated heterocycles. The molecule has 5 nitrogen and oxygen atoms in total. The lowest BCUT2D eigenvalue weighted by molar-refractivity contribution is 0.601. The van der Waals surface area contributed by atoms with Crippen molar-refractivity contribution in [1.29, 1.82) is 0 Å². The molecule has 0 radical (unpaired) electrons. The minimum absolute atomic E-state index is 0.223. The molecule has 0 aliphatic heterocycles. The van der Waals surface area contributed by atoms with E-state index in [0.29, 0.717) is 6.54 Å². The number of rotatable bonds is 6. The van der Waals surface area contributed by atoms with Crippen molar-refractivity contribution in [1.82, 2.24) is 4.98 Å². The molecule has 0 amide bonds. The first-order valence-electron chi connectivity index (χ1n) is 8.27. The average Bonchev–Trinajstić information content (AvgIpc) is 2.62. The van der Waals surface area contributed by atoms with Crippen LogP contribution in [0.5, 0.6) is 0 Å². The molecule has 0 atom stereocenters. The van der Waals surface area contributed by atoms with E-state index in [1.807, 2.05) is 13.0 Å². The Kier molecular flexibility index (Phi) is 5.23. The molecule has 3 aromatic rings. The smallest absolute Gasteiger partial charge is 0.263 e. The molecule has 134 valence electrons. The molecule has 3 rings (SSSR count). The molecule has 1 aromatic heterocycles. The number of hydrogen-bond donors (Lipinski definition) is 2. The number of benzene rings is 2. The predicted octanol–water partition coefficient (Wildman–Crippen LogP) is 4.11. The number of hydrogen-bond acceptors (Lipinski definition) is 4. The van der Waals surface area contributed by atoms with Gasteiger partial charge in [0.2, 0.25) is 0 Å². The van der Waals surface area contributed by atoms with E-state index in [1.54, 1.807) is 36.5 Å². The Balaban J connectivity index is 1.64. The number of sulfonamides is 1. The molecule has 1 heterocycles. The molecule has 0 fully saturated rings. The summed E-state index contributed by atoms with van der Waals surface area (Å²) in [6.45, 7) is 4.58. The molecule has 0 unspecified atom stereocenters. The van der Waals surface area contributed by atoms with Gasteiger partial charge in [0.15, 0.2) is 0 Å². The lowest BCUT2D eigenvalue weighted by Gasteiger charge is -2.10. The van der Waals surface area contributed by atoms with Crippen LogP contribution in [0.2, 0.25) is 0 Å². The van der Waals surface area contributed by atoms with Crippen molar-refractivity contribution in [3.63, 3.8) is 0 Å². The Morgan fingerprint density at radius 2 is 1.69 bits per heavy atom. The van der Waals surface area contributed by atoms with Gasteiger partial charge in [0, 0.05) is 6.54 Å². The summed E-state index contributed by atoms with van der Waals surface area (Å²) in [5.74, 6) is 0.285. The van der Waals surface area contributed by atoms with Crippen LogP contribution in [0.15, 0.2) is 71.8 Å². The number of nitrogens with zero attached hydrogens (tertiary/aromatic N) is 1. The van der Waals surface area contributed by atoms with Crippen molar-refractivity contribution in [3.8, 4) is 0 Å². The fraction of sp³-hybridized carbons (Fsp3) is 0.150. The van der Waals surface area contributed by atoms with Crippen LogP contribution in [0.4, 0.5) is 11.5 Å². The molecule has 0 bridgehead atoms. The highest BCUT2D eigenvalue weighted by atomic mass is 32.2. The fourth-order valence-corrected chi connectivity index (χ4v) is 3.56. The standard InChI is InChI=1S/C20H21N3O2S/c1-15-6-8-17(9-7-15)13-21-18-10-11-20(22-14-18)23-26(24,25)19-5-3-4-16(2)12-19/h3-12,14,21H,13H2,1-2H3,(H,22,23). The van der Waals surface area contributed by atoms with Gasteiger partial charge >= 0.3 is 0 Å². The summed E-state index contributed by atoms with van der Waals surface area (Å²) < 4.78 is 27.3. The zero-order chi connectivity index (χ0) is 18.6. The minimum Gasteiger partial charge on any atom is -0.380 e. The number of pyridine rings is 1. The Hall–Kier alpha value is -2.86. The molecule has 6 heteroatoms. The van der Waals surface area contributed by atoms with Crippen molar-refractivity contribution >= 4 is 21.5 Å². The molecular weight excluding hydrogens is 346 g/mol. The van der Waals surface area contributed by atoms with Crippen molar-refractivity contribution < 1.29 is 8.42 Å². The lowest BCUT2D eigenvalue weighted by Crippen LogP contribution is -2.14. The minimum atomic E-state index is -3.64. The van der Waals surface area contributed by atoms with Crippen LogP contribution in [-0.4, -0.2) is 13.4 Å². The van der Waals surface area contributed by atoms with E-state index in [2.05, 4.69) is 46.2 Å².